The molecule has 3 rings (SSSR count). The van der Waals surface area contributed by atoms with Gasteiger partial charge in [-0.2, -0.15) is 0 Å². The summed E-state index contributed by atoms with van der Waals surface area (Å²) in [7, 11) is 0. The molecule has 4 heteroatoms. The van der Waals surface area contributed by atoms with Crippen molar-refractivity contribution in [2.75, 3.05) is 13.2 Å². The molecule has 0 atom stereocenters. The van der Waals surface area contributed by atoms with Crippen molar-refractivity contribution in [2.24, 2.45) is 0 Å². The molecule has 2 aliphatic rings. The Hall–Kier alpha value is -1.97. The fourth-order valence-corrected chi connectivity index (χ4v) is 2.27. The molecule has 0 saturated heterocycles. The van der Waals surface area contributed by atoms with Crippen molar-refractivity contribution in [3.8, 4) is 11.5 Å². The van der Waals surface area contributed by atoms with Gasteiger partial charge < -0.3 is 14.6 Å². The van der Waals surface area contributed by atoms with E-state index in [0.717, 1.165) is 29.7 Å². The van der Waals surface area contributed by atoms with E-state index in [1.807, 2.05) is 6.07 Å². The summed E-state index contributed by atoms with van der Waals surface area (Å²) in [4.78, 5) is 11.1. The molecule has 1 aromatic rings. The van der Waals surface area contributed by atoms with Gasteiger partial charge in [0.15, 0.2) is 11.5 Å². The standard InChI is InChI=1S/C13H12O4/c14-13(15)9-3-1-2-8-6-11-12(7-10(8)9)17-5-4-16-11/h3,6-7H,1-2,4-5H2,(H,14,15). The number of aliphatic carboxylic acids is 1. The topological polar surface area (TPSA) is 55.8 Å². The van der Waals surface area contributed by atoms with Gasteiger partial charge in [0.05, 0.1) is 5.57 Å². The number of hydrogen-bond donors (Lipinski definition) is 1. The first-order valence-electron chi connectivity index (χ1n) is 5.62. The lowest BCUT2D eigenvalue weighted by Gasteiger charge is -2.23. The van der Waals surface area contributed by atoms with E-state index in [-0.39, 0.29) is 0 Å². The quantitative estimate of drug-likeness (QED) is 0.803. The Morgan fingerprint density at radius 1 is 1.18 bits per heavy atom. The zero-order chi connectivity index (χ0) is 11.8. The zero-order valence-electron chi connectivity index (χ0n) is 9.23. The van der Waals surface area contributed by atoms with Gasteiger partial charge in [-0.15, -0.1) is 0 Å². The van der Waals surface area contributed by atoms with E-state index in [9.17, 15) is 4.79 Å². The van der Waals surface area contributed by atoms with Gasteiger partial charge in [-0.1, -0.05) is 6.08 Å². The van der Waals surface area contributed by atoms with Crippen LogP contribution in [0.25, 0.3) is 5.57 Å². The minimum atomic E-state index is -0.886. The highest BCUT2D eigenvalue weighted by atomic mass is 16.6. The number of aryl methyl sites for hydroxylation is 1. The summed E-state index contributed by atoms with van der Waals surface area (Å²) in [5.74, 6) is 0.480. The molecular weight excluding hydrogens is 220 g/mol. The van der Waals surface area contributed by atoms with Crippen molar-refractivity contribution in [3.05, 3.63) is 29.3 Å². The van der Waals surface area contributed by atoms with Crippen LogP contribution in [0.1, 0.15) is 17.5 Å². The zero-order valence-corrected chi connectivity index (χ0v) is 9.23. The Labute approximate surface area is 98.5 Å². The second kappa shape index (κ2) is 3.80. The number of ether oxygens (including phenoxy) is 2. The SMILES string of the molecule is O=C(O)C1=CCCc2cc3c(cc21)OCCO3. The van der Waals surface area contributed by atoms with E-state index in [1.54, 1.807) is 12.1 Å². The van der Waals surface area contributed by atoms with Crippen LogP contribution in [0, 0.1) is 0 Å². The number of benzene rings is 1. The predicted molar refractivity (Wildman–Crippen MR) is 61.4 cm³/mol. The number of carbonyl (C=O) groups is 1. The molecule has 0 unspecified atom stereocenters. The van der Waals surface area contributed by atoms with Crippen molar-refractivity contribution in [1.82, 2.24) is 0 Å². The number of fused-ring (bicyclic) bond motifs is 2. The maximum absolute atomic E-state index is 11.1. The molecule has 0 radical (unpaired) electrons. The van der Waals surface area contributed by atoms with Crippen LogP contribution >= 0.6 is 0 Å². The highest BCUT2D eigenvalue weighted by molar-refractivity contribution is 6.16. The summed E-state index contributed by atoms with van der Waals surface area (Å²) in [5.41, 5.74) is 2.14. The van der Waals surface area contributed by atoms with Gasteiger partial charge in [-0.3, -0.25) is 0 Å². The van der Waals surface area contributed by atoms with E-state index in [2.05, 4.69) is 0 Å². The average Bonchev–Trinajstić information content (AvgIpc) is 2.35. The summed E-state index contributed by atoms with van der Waals surface area (Å²) in [6, 6.07) is 3.68. The molecular formula is C13H12O4. The van der Waals surface area contributed by atoms with Gasteiger partial charge >= 0.3 is 5.97 Å². The molecule has 1 aliphatic heterocycles. The van der Waals surface area contributed by atoms with Crippen LogP contribution in [-0.2, 0) is 11.2 Å². The molecule has 4 nitrogen and oxygen atoms in total. The van der Waals surface area contributed by atoms with Crippen LogP contribution in [0.15, 0.2) is 18.2 Å². The lowest BCUT2D eigenvalue weighted by Crippen LogP contribution is -2.17. The first-order valence-corrected chi connectivity index (χ1v) is 5.62. The van der Waals surface area contributed by atoms with Crippen LogP contribution in [-0.4, -0.2) is 24.3 Å². The van der Waals surface area contributed by atoms with E-state index in [4.69, 9.17) is 14.6 Å². The molecule has 17 heavy (non-hydrogen) atoms. The van der Waals surface area contributed by atoms with Crippen molar-refractivity contribution in [1.29, 1.82) is 0 Å². The van der Waals surface area contributed by atoms with Gasteiger partial charge in [-0.05, 0) is 36.1 Å². The number of carboxylic acids is 1. The lowest BCUT2D eigenvalue weighted by atomic mass is 9.90. The molecule has 0 saturated carbocycles. The van der Waals surface area contributed by atoms with E-state index >= 15 is 0 Å². The minimum Gasteiger partial charge on any atom is -0.486 e. The fourth-order valence-electron chi connectivity index (χ4n) is 2.27. The van der Waals surface area contributed by atoms with Gasteiger partial charge in [-0.25, -0.2) is 4.79 Å². The molecule has 0 amide bonds. The van der Waals surface area contributed by atoms with E-state index in [0.29, 0.717) is 24.5 Å². The molecule has 1 aliphatic carbocycles. The number of carboxylic acid groups (broad SMARTS) is 1. The summed E-state index contributed by atoms with van der Waals surface area (Å²) < 4.78 is 11.0. The summed E-state index contributed by atoms with van der Waals surface area (Å²) in [5, 5.41) is 9.15. The maximum Gasteiger partial charge on any atom is 0.335 e. The average molecular weight is 232 g/mol. The van der Waals surface area contributed by atoms with Gasteiger partial charge in [0.2, 0.25) is 0 Å². The molecule has 88 valence electrons. The molecule has 0 spiro atoms. The third-order valence-electron chi connectivity index (χ3n) is 3.05. The van der Waals surface area contributed by atoms with Gasteiger partial charge in [0.1, 0.15) is 13.2 Å². The highest BCUT2D eigenvalue weighted by Gasteiger charge is 2.22. The van der Waals surface area contributed by atoms with Crippen LogP contribution in [0.2, 0.25) is 0 Å². The summed E-state index contributed by atoms with van der Waals surface area (Å²) in [6.07, 6.45) is 3.37. The van der Waals surface area contributed by atoms with Gasteiger partial charge in [0.25, 0.3) is 0 Å². The smallest absolute Gasteiger partial charge is 0.335 e. The first kappa shape index (κ1) is 10.2. The number of hydrogen-bond acceptors (Lipinski definition) is 3. The van der Waals surface area contributed by atoms with Crippen molar-refractivity contribution in [3.63, 3.8) is 0 Å². The molecule has 1 aromatic carbocycles. The Balaban J connectivity index is 2.13. The summed E-state index contributed by atoms with van der Waals surface area (Å²) in [6.45, 7) is 1.06. The van der Waals surface area contributed by atoms with Crippen LogP contribution < -0.4 is 9.47 Å². The largest absolute Gasteiger partial charge is 0.486 e. The Kier molecular flexibility index (Phi) is 2.28. The Bertz CT molecular complexity index is 516. The van der Waals surface area contributed by atoms with Gasteiger partial charge in [0, 0.05) is 0 Å². The van der Waals surface area contributed by atoms with E-state index in [1.165, 1.54) is 0 Å². The van der Waals surface area contributed by atoms with E-state index < -0.39 is 5.97 Å². The van der Waals surface area contributed by atoms with Crippen molar-refractivity contribution >= 4 is 11.5 Å². The maximum atomic E-state index is 11.1. The number of allylic oxidation sites excluding steroid dienone is 1. The highest BCUT2D eigenvalue weighted by Crippen LogP contribution is 2.38. The molecule has 1 heterocycles. The second-order valence-corrected chi connectivity index (χ2v) is 4.11. The van der Waals surface area contributed by atoms with Crippen LogP contribution in [0.4, 0.5) is 0 Å². The Morgan fingerprint density at radius 2 is 1.88 bits per heavy atom. The van der Waals surface area contributed by atoms with Crippen molar-refractivity contribution in [2.45, 2.75) is 12.8 Å². The third-order valence-corrected chi connectivity index (χ3v) is 3.05. The lowest BCUT2D eigenvalue weighted by molar-refractivity contribution is -0.130. The molecule has 0 aromatic heterocycles. The second-order valence-electron chi connectivity index (χ2n) is 4.11. The number of rotatable bonds is 1. The third kappa shape index (κ3) is 1.65. The predicted octanol–water partition coefficient (Wildman–Crippen LogP) is 1.87. The first-order chi connectivity index (χ1) is 8.25. The van der Waals surface area contributed by atoms with Crippen LogP contribution in [0.3, 0.4) is 0 Å². The molecule has 1 N–H and O–H groups in total. The summed E-state index contributed by atoms with van der Waals surface area (Å²) >= 11 is 0. The monoisotopic (exact) mass is 232 g/mol. The molecule has 0 bridgehead atoms. The Morgan fingerprint density at radius 3 is 2.59 bits per heavy atom. The van der Waals surface area contributed by atoms with Crippen LogP contribution in [0.5, 0.6) is 11.5 Å². The minimum absolute atomic E-state index is 0.364. The molecule has 0 fully saturated rings. The van der Waals surface area contributed by atoms with Crippen molar-refractivity contribution < 1.29 is 19.4 Å². The fraction of sp³-hybridized carbons (Fsp3) is 0.308. The normalized spacial score (nSPS) is 17.1.